The van der Waals surface area contributed by atoms with Gasteiger partial charge in [0.2, 0.25) is 0 Å². The molecule has 0 heterocycles. The number of benzene rings is 1. The highest BCUT2D eigenvalue weighted by molar-refractivity contribution is 14.1. The summed E-state index contributed by atoms with van der Waals surface area (Å²) in [4.78, 5) is 0. The molecule has 4 heteroatoms. The van der Waals surface area contributed by atoms with E-state index < -0.39 is 0 Å². The van der Waals surface area contributed by atoms with Crippen molar-refractivity contribution in [3.63, 3.8) is 0 Å². The molecular weight excluding hydrogens is 301 g/mol. The summed E-state index contributed by atoms with van der Waals surface area (Å²) in [5, 5.41) is 0.602. The second-order valence-electron chi connectivity index (χ2n) is 2.12. The normalized spacial score (nSPS) is 10.3. The number of halogens is 4. The molecule has 0 atom stereocenters. The molecule has 0 bridgehead atoms. The van der Waals surface area contributed by atoms with E-state index >= 15 is 0 Å². The Balaban J connectivity index is 3.46. The highest BCUT2D eigenvalue weighted by Gasteiger charge is 2.10. The van der Waals surface area contributed by atoms with E-state index in [4.69, 9.17) is 23.2 Å². The molecule has 1 rings (SSSR count). The fourth-order valence-electron chi connectivity index (χ4n) is 0.691. The Morgan fingerprint density at radius 2 is 2.00 bits per heavy atom. The predicted molar refractivity (Wildman–Crippen MR) is 53.9 cm³/mol. The van der Waals surface area contributed by atoms with Crippen molar-refractivity contribution in [3.8, 4) is 0 Å². The summed E-state index contributed by atoms with van der Waals surface area (Å²) in [6.45, 7) is 1.63. The minimum Gasteiger partial charge on any atom is -0.205 e. The zero-order valence-electron chi connectivity index (χ0n) is 5.59. The van der Waals surface area contributed by atoms with Gasteiger partial charge in [-0.3, -0.25) is 0 Å². The molecule has 0 unspecified atom stereocenters. The summed E-state index contributed by atoms with van der Waals surface area (Å²) in [6, 6.07) is 1.56. The molecule has 0 saturated heterocycles. The Morgan fingerprint density at radius 3 is 2.55 bits per heavy atom. The molecule has 11 heavy (non-hydrogen) atoms. The van der Waals surface area contributed by atoms with Gasteiger partial charge in [0, 0.05) is 0 Å². The maximum atomic E-state index is 13.0. The van der Waals surface area contributed by atoms with Gasteiger partial charge >= 0.3 is 0 Å². The zero-order valence-corrected chi connectivity index (χ0v) is 9.26. The summed E-state index contributed by atoms with van der Waals surface area (Å²) in [5.74, 6) is -0.388. The van der Waals surface area contributed by atoms with Gasteiger partial charge in [0.05, 0.1) is 13.6 Å². The van der Waals surface area contributed by atoms with Crippen LogP contribution < -0.4 is 0 Å². The number of aryl methyl sites for hydroxylation is 1. The minimum atomic E-state index is -0.388. The maximum Gasteiger partial charge on any atom is 0.145 e. The van der Waals surface area contributed by atoms with Crippen LogP contribution in [0.15, 0.2) is 6.07 Å². The van der Waals surface area contributed by atoms with Crippen LogP contribution in [0.1, 0.15) is 5.56 Å². The van der Waals surface area contributed by atoms with Gasteiger partial charge in [0.1, 0.15) is 5.82 Å². The van der Waals surface area contributed by atoms with Crippen molar-refractivity contribution in [1.29, 1.82) is 0 Å². The lowest BCUT2D eigenvalue weighted by Gasteiger charge is -2.02. The third-order valence-corrected chi connectivity index (χ3v) is 3.70. The summed E-state index contributed by atoms with van der Waals surface area (Å²) in [5.41, 5.74) is 0.473. The first-order valence-electron chi connectivity index (χ1n) is 2.83. The van der Waals surface area contributed by atoms with Gasteiger partial charge < -0.3 is 0 Å². The van der Waals surface area contributed by atoms with Gasteiger partial charge in [0.15, 0.2) is 0 Å². The Hall–Kier alpha value is 0.460. The molecule has 60 valence electrons. The first-order chi connectivity index (χ1) is 5.04. The van der Waals surface area contributed by atoms with Crippen LogP contribution in [-0.2, 0) is 0 Å². The third-order valence-electron chi connectivity index (χ3n) is 1.28. The van der Waals surface area contributed by atoms with Crippen LogP contribution in [0.2, 0.25) is 10.0 Å². The molecule has 0 saturated carbocycles. The lowest BCUT2D eigenvalue weighted by atomic mass is 10.2. The summed E-state index contributed by atoms with van der Waals surface area (Å²) in [7, 11) is 0. The van der Waals surface area contributed by atoms with E-state index in [1.54, 1.807) is 13.0 Å². The predicted octanol–water partition coefficient (Wildman–Crippen LogP) is 4.05. The van der Waals surface area contributed by atoms with E-state index in [1.165, 1.54) is 0 Å². The lowest BCUT2D eigenvalue weighted by Crippen LogP contribution is -1.87. The Bertz CT molecular complexity index is 273. The Kier molecular flexibility index (Phi) is 3.00. The van der Waals surface area contributed by atoms with Crippen LogP contribution in [0, 0.1) is 16.3 Å². The molecule has 0 nitrogen and oxygen atoms in total. The molecule has 0 N–H and O–H groups in total. The van der Waals surface area contributed by atoms with Crippen LogP contribution in [-0.4, -0.2) is 0 Å². The van der Waals surface area contributed by atoms with Crippen LogP contribution >= 0.6 is 45.8 Å². The van der Waals surface area contributed by atoms with E-state index in [0.717, 1.165) is 0 Å². The van der Waals surface area contributed by atoms with E-state index in [9.17, 15) is 4.39 Å². The quantitative estimate of drug-likeness (QED) is 0.385. The van der Waals surface area contributed by atoms with Crippen molar-refractivity contribution in [2.24, 2.45) is 0 Å². The maximum absolute atomic E-state index is 13.0. The molecule has 0 aliphatic rings. The third kappa shape index (κ3) is 1.79. The van der Waals surface area contributed by atoms with Crippen molar-refractivity contribution in [3.05, 3.63) is 31.1 Å². The Labute approximate surface area is 87.8 Å². The second-order valence-corrected chi connectivity index (χ2v) is 3.98. The highest BCUT2D eigenvalue weighted by atomic mass is 127. The summed E-state index contributed by atoms with van der Waals surface area (Å²) >= 11 is 13.3. The molecule has 0 spiro atoms. The van der Waals surface area contributed by atoms with E-state index in [1.807, 2.05) is 22.6 Å². The Morgan fingerprint density at radius 1 is 1.45 bits per heavy atom. The van der Waals surface area contributed by atoms with Crippen molar-refractivity contribution in [1.82, 2.24) is 0 Å². The van der Waals surface area contributed by atoms with Gasteiger partial charge in [-0.1, -0.05) is 23.2 Å². The van der Waals surface area contributed by atoms with Crippen molar-refractivity contribution in [2.45, 2.75) is 6.92 Å². The van der Waals surface area contributed by atoms with Crippen molar-refractivity contribution >= 4 is 45.8 Å². The minimum absolute atomic E-state index is 0.107. The first kappa shape index (κ1) is 9.55. The van der Waals surface area contributed by atoms with E-state index in [0.29, 0.717) is 14.2 Å². The lowest BCUT2D eigenvalue weighted by molar-refractivity contribution is 0.618. The SMILES string of the molecule is Cc1cc(Cl)c(I)c(Cl)c1F. The van der Waals surface area contributed by atoms with E-state index in [-0.39, 0.29) is 10.8 Å². The van der Waals surface area contributed by atoms with Crippen molar-refractivity contribution < 1.29 is 4.39 Å². The van der Waals surface area contributed by atoms with Crippen molar-refractivity contribution in [2.75, 3.05) is 0 Å². The highest BCUT2D eigenvalue weighted by Crippen LogP contribution is 2.30. The smallest absolute Gasteiger partial charge is 0.145 e. The standard InChI is InChI=1S/C7H4Cl2FI/c1-3-2-4(8)7(11)5(9)6(3)10/h2H,1H3. The molecule has 1 aromatic carbocycles. The fourth-order valence-corrected chi connectivity index (χ4v) is 1.64. The molecule has 0 radical (unpaired) electrons. The summed E-state index contributed by atoms with van der Waals surface area (Å²) < 4.78 is 13.5. The molecule has 0 aliphatic heterocycles. The average molecular weight is 305 g/mol. The van der Waals surface area contributed by atoms with Gasteiger partial charge in [0.25, 0.3) is 0 Å². The molecule has 0 amide bonds. The largest absolute Gasteiger partial charge is 0.205 e. The van der Waals surface area contributed by atoms with Gasteiger partial charge in [-0.05, 0) is 41.1 Å². The molecule has 0 aliphatic carbocycles. The molecule has 0 fully saturated rings. The fraction of sp³-hybridized carbons (Fsp3) is 0.143. The zero-order chi connectivity index (χ0) is 8.59. The van der Waals surface area contributed by atoms with Gasteiger partial charge in [-0.25, -0.2) is 4.39 Å². The monoisotopic (exact) mass is 304 g/mol. The molecular formula is C7H4Cl2FI. The second kappa shape index (κ2) is 3.46. The topological polar surface area (TPSA) is 0 Å². The van der Waals surface area contributed by atoms with Crippen LogP contribution in [0.25, 0.3) is 0 Å². The number of hydrogen-bond acceptors (Lipinski definition) is 0. The van der Waals surface area contributed by atoms with Crippen LogP contribution in [0.5, 0.6) is 0 Å². The van der Waals surface area contributed by atoms with Gasteiger partial charge in [-0.2, -0.15) is 0 Å². The van der Waals surface area contributed by atoms with Gasteiger partial charge in [-0.15, -0.1) is 0 Å². The average Bonchev–Trinajstić information content (AvgIpc) is 1.97. The first-order valence-corrected chi connectivity index (χ1v) is 4.67. The molecule has 0 aromatic heterocycles. The molecule has 1 aromatic rings. The van der Waals surface area contributed by atoms with E-state index in [2.05, 4.69) is 0 Å². The van der Waals surface area contributed by atoms with Crippen LogP contribution in [0.4, 0.5) is 4.39 Å². The summed E-state index contributed by atoms with van der Waals surface area (Å²) in [6.07, 6.45) is 0. The number of hydrogen-bond donors (Lipinski definition) is 0. The number of rotatable bonds is 0. The van der Waals surface area contributed by atoms with Crippen LogP contribution in [0.3, 0.4) is 0 Å².